The largest absolute Gasteiger partial charge is 0.384 e. The van der Waals surface area contributed by atoms with Crippen LogP contribution < -0.4 is 5.73 Å². The SMILES string of the molecule is N/C(Cc1ccc(F)cc1Cl)=N\OC=O. The molecule has 0 fully saturated rings. The number of rotatable bonds is 4. The van der Waals surface area contributed by atoms with Gasteiger partial charge in [0.05, 0.1) is 0 Å². The van der Waals surface area contributed by atoms with Crippen molar-refractivity contribution in [1.29, 1.82) is 0 Å². The Kier molecular flexibility index (Phi) is 4.05. The van der Waals surface area contributed by atoms with Crippen molar-refractivity contribution < 1.29 is 14.0 Å². The number of nitrogens with zero attached hydrogens (tertiary/aromatic N) is 1. The zero-order chi connectivity index (χ0) is 11.3. The lowest BCUT2D eigenvalue weighted by Gasteiger charge is -2.02. The van der Waals surface area contributed by atoms with Crippen LogP contribution in [0.15, 0.2) is 23.4 Å². The van der Waals surface area contributed by atoms with Gasteiger partial charge in [-0.3, -0.25) is 4.79 Å². The van der Waals surface area contributed by atoms with Crippen molar-refractivity contribution in [3.8, 4) is 0 Å². The second kappa shape index (κ2) is 5.31. The Hall–Kier alpha value is -1.62. The lowest BCUT2D eigenvalue weighted by molar-refractivity contribution is -0.128. The van der Waals surface area contributed by atoms with Gasteiger partial charge in [0.2, 0.25) is 0 Å². The van der Waals surface area contributed by atoms with Gasteiger partial charge in [-0.1, -0.05) is 22.8 Å². The molecule has 6 heteroatoms. The third kappa shape index (κ3) is 3.55. The predicted octanol–water partition coefficient (Wildman–Crippen LogP) is 1.47. The number of amidine groups is 1. The van der Waals surface area contributed by atoms with E-state index in [1.807, 2.05) is 0 Å². The molecule has 0 aliphatic heterocycles. The lowest BCUT2D eigenvalue weighted by Crippen LogP contribution is -2.15. The molecule has 0 atom stereocenters. The summed E-state index contributed by atoms with van der Waals surface area (Å²) < 4.78 is 12.7. The molecule has 0 radical (unpaired) electrons. The van der Waals surface area contributed by atoms with Crippen LogP contribution in [0.25, 0.3) is 0 Å². The van der Waals surface area contributed by atoms with Crippen LogP contribution in [0.4, 0.5) is 4.39 Å². The molecule has 0 aromatic heterocycles. The fourth-order valence-electron chi connectivity index (χ4n) is 0.982. The average Bonchev–Trinajstić information content (AvgIpc) is 2.19. The molecular formula is C9H8ClFN2O2. The molecule has 1 aromatic rings. The van der Waals surface area contributed by atoms with Crippen molar-refractivity contribution in [2.75, 3.05) is 0 Å². The molecule has 4 nitrogen and oxygen atoms in total. The van der Waals surface area contributed by atoms with Crippen LogP contribution in [0, 0.1) is 5.82 Å². The Morgan fingerprint density at radius 3 is 3.00 bits per heavy atom. The maximum atomic E-state index is 12.7. The number of carbonyl (C=O) groups is 1. The van der Waals surface area contributed by atoms with Crippen LogP contribution >= 0.6 is 11.6 Å². The van der Waals surface area contributed by atoms with Crippen LogP contribution in [0.5, 0.6) is 0 Å². The first-order chi connectivity index (χ1) is 7.13. The van der Waals surface area contributed by atoms with E-state index in [1.54, 1.807) is 0 Å². The summed E-state index contributed by atoms with van der Waals surface area (Å²) in [5.74, 6) is -0.348. The Morgan fingerprint density at radius 1 is 1.67 bits per heavy atom. The Morgan fingerprint density at radius 2 is 2.40 bits per heavy atom. The van der Waals surface area contributed by atoms with E-state index in [9.17, 15) is 9.18 Å². The van der Waals surface area contributed by atoms with Crippen LogP contribution in [0.2, 0.25) is 5.02 Å². The maximum Gasteiger partial charge on any atom is 0.323 e. The Bertz CT molecular complexity index is 396. The third-order valence-corrected chi connectivity index (χ3v) is 1.95. The quantitative estimate of drug-likeness (QED) is 0.280. The number of oxime groups is 1. The van der Waals surface area contributed by atoms with Crippen molar-refractivity contribution in [3.63, 3.8) is 0 Å². The van der Waals surface area contributed by atoms with E-state index in [1.165, 1.54) is 18.2 Å². The van der Waals surface area contributed by atoms with E-state index in [-0.39, 0.29) is 23.8 Å². The maximum absolute atomic E-state index is 12.7. The lowest BCUT2D eigenvalue weighted by atomic mass is 10.1. The van der Waals surface area contributed by atoms with Gasteiger partial charge in [-0.2, -0.15) is 0 Å². The molecule has 0 amide bonds. The monoisotopic (exact) mass is 230 g/mol. The molecule has 0 unspecified atom stereocenters. The first-order valence-corrected chi connectivity index (χ1v) is 4.37. The molecule has 80 valence electrons. The second-order valence-corrected chi connectivity index (χ2v) is 3.10. The zero-order valence-corrected chi connectivity index (χ0v) is 8.37. The summed E-state index contributed by atoms with van der Waals surface area (Å²) in [5, 5.41) is 3.52. The highest BCUT2D eigenvalue weighted by molar-refractivity contribution is 6.31. The van der Waals surface area contributed by atoms with Crippen LogP contribution in [-0.2, 0) is 16.1 Å². The predicted molar refractivity (Wildman–Crippen MR) is 53.9 cm³/mol. The van der Waals surface area contributed by atoms with Crippen molar-refractivity contribution in [2.45, 2.75) is 6.42 Å². The van der Waals surface area contributed by atoms with Crippen molar-refractivity contribution in [1.82, 2.24) is 0 Å². The van der Waals surface area contributed by atoms with E-state index in [0.717, 1.165) is 0 Å². The molecule has 0 aliphatic carbocycles. The van der Waals surface area contributed by atoms with Crippen LogP contribution in [0.3, 0.4) is 0 Å². The van der Waals surface area contributed by atoms with E-state index in [4.69, 9.17) is 17.3 Å². The smallest absolute Gasteiger partial charge is 0.323 e. The number of nitrogens with two attached hydrogens (primary N) is 1. The van der Waals surface area contributed by atoms with Crippen molar-refractivity contribution in [3.05, 3.63) is 34.6 Å². The molecule has 0 spiro atoms. The van der Waals surface area contributed by atoms with Crippen LogP contribution in [0.1, 0.15) is 5.56 Å². The van der Waals surface area contributed by atoms with Gasteiger partial charge in [0.25, 0.3) is 0 Å². The summed E-state index contributed by atoms with van der Waals surface area (Å²) in [7, 11) is 0. The zero-order valence-electron chi connectivity index (χ0n) is 7.61. The topological polar surface area (TPSA) is 64.7 Å². The van der Waals surface area contributed by atoms with Crippen LogP contribution in [-0.4, -0.2) is 12.3 Å². The number of hydrogen-bond acceptors (Lipinski definition) is 3. The average molecular weight is 231 g/mol. The number of halogens is 2. The third-order valence-electron chi connectivity index (χ3n) is 1.60. The van der Waals surface area contributed by atoms with E-state index >= 15 is 0 Å². The van der Waals surface area contributed by atoms with Gasteiger partial charge in [-0.05, 0) is 17.7 Å². The fourth-order valence-corrected chi connectivity index (χ4v) is 1.22. The summed E-state index contributed by atoms with van der Waals surface area (Å²) in [5.41, 5.74) is 6.02. The molecule has 1 aromatic carbocycles. The minimum Gasteiger partial charge on any atom is -0.384 e. The van der Waals surface area contributed by atoms with Gasteiger partial charge in [0, 0.05) is 11.4 Å². The first-order valence-electron chi connectivity index (χ1n) is 3.99. The first kappa shape index (κ1) is 11.5. The van der Waals surface area contributed by atoms with Crippen molar-refractivity contribution >= 4 is 23.9 Å². The molecule has 0 bridgehead atoms. The molecule has 0 heterocycles. The van der Waals surface area contributed by atoms with Gasteiger partial charge in [0.15, 0.2) is 0 Å². The Balaban J connectivity index is 2.76. The summed E-state index contributed by atoms with van der Waals surface area (Å²) in [6.45, 7) is 0.152. The normalized spacial score (nSPS) is 11.2. The molecule has 15 heavy (non-hydrogen) atoms. The molecule has 2 N–H and O–H groups in total. The highest BCUT2D eigenvalue weighted by atomic mass is 35.5. The highest BCUT2D eigenvalue weighted by Gasteiger charge is 2.04. The Labute approximate surface area is 90.5 Å². The van der Waals surface area contributed by atoms with Gasteiger partial charge in [-0.15, -0.1) is 0 Å². The van der Waals surface area contributed by atoms with Gasteiger partial charge in [-0.25, -0.2) is 4.39 Å². The molecule has 0 saturated carbocycles. The van der Waals surface area contributed by atoms with E-state index in [2.05, 4.69) is 9.99 Å². The molecular weight excluding hydrogens is 223 g/mol. The summed E-state index contributed by atoms with van der Waals surface area (Å²) in [6.07, 6.45) is 0.187. The highest BCUT2D eigenvalue weighted by Crippen LogP contribution is 2.17. The molecule has 0 saturated heterocycles. The van der Waals surface area contributed by atoms with E-state index < -0.39 is 5.82 Å². The van der Waals surface area contributed by atoms with Crippen molar-refractivity contribution in [2.24, 2.45) is 10.9 Å². The van der Waals surface area contributed by atoms with Gasteiger partial charge in [0.1, 0.15) is 11.7 Å². The molecule has 0 aliphatic rings. The van der Waals surface area contributed by atoms with E-state index in [0.29, 0.717) is 5.56 Å². The summed E-state index contributed by atoms with van der Waals surface area (Å²) in [4.78, 5) is 13.9. The minimum atomic E-state index is -0.427. The second-order valence-electron chi connectivity index (χ2n) is 2.70. The number of hydrogen-bond donors (Lipinski definition) is 1. The standard InChI is InChI=1S/C9H8ClFN2O2/c10-8-4-7(11)2-1-6(8)3-9(12)13-15-5-14/h1-2,4-5H,3H2,(H2,12,13). The van der Waals surface area contributed by atoms with Gasteiger partial charge < -0.3 is 10.6 Å². The summed E-state index contributed by atoms with van der Waals surface area (Å²) >= 11 is 5.75. The number of benzene rings is 1. The van der Waals surface area contributed by atoms with Gasteiger partial charge >= 0.3 is 6.47 Å². The summed E-state index contributed by atoms with van der Waals surface area (Å²) in [6, 6.07) is 3.92. The number of carbonyl (C=O) groups excluding carboxylic acids is 1. The fraction of sp³-hybridized carbons (Fsp3) is 0.111. The minimum absolute atomic E-state index is 0.0793. The molecule has 1 rings (SSSR count).